The van der Waals surface area contributed by atoms with Crippen molar-refractivity contribution < 1.29 is 8.42 Å². The molecular weight excluding hydrogens is 308 g/mol. The third-order valence-electron chi connectivity index (χ3n) is 2.86. The molecule has 1 atom stereocenters. The quantitative estimate of drug-likeness (QED) is 0.813. The summed E-state index contributed by atoms with van der Waals surface area (Å²) in [7, 11) is -3.54. The van der Waals surface area contributed by atoms with E-state index in [4.69, 9.17) is 0 Å². The lowest BCUT2D eigenvalue weighted by molar-refractivity contribution is 0.574. The third kappa shape index (κ3) is 4.23. The molecule has 2 rings (SSSR count). The van der Waals surface area contributed by atoms with E-state index in [1.165, 1.54) is 17.5 Å². The maximum atomic E-state index is 12.2. The summed E-state index contributed by atoms with van der Waals surface area (Å²) < 4.78 is 27.0. The molecule has 0 spiro atoms. The van der Waals surface area contributed by atoms with Crippen LogP contribution in [0.25, 0.3) is 0 Å². The molecule has 0 radical (unpaired) electrons. The Morgan fingerprint density at radius 3 is 2.71 bits per heavy atom. The minimum Gasteiger partial charge on any atom is -0.370 e. The number of nitrogens with zero attached hydrogens (tertiary/aromatic N) is 2. The molecule has 0 amide bonds. The van der Waals surface area contributed by atoms with Gasteiger partial charge < -0.3 is 5.32 Å². The second-order valence-electron chi connectivity index (χ2n) is 4.53. The second-order valence-corrected chi connectivity index (χ2v) is 7.23. The first kappa shape index (κ1) is 15.9. The first-order valence-electron chi connectivity index (χ1n) is 6.62. The lowest BCUT2D eigenvalue weighted by Crippen LogP contribution is -2.27. The molecular formula is C13H18N4O2S2. The average Bonchev–Trinajstić information content (AvgIpc) is 3.00. The Bertz CT molecular complexity index is 654. The average molecular weight is 326 g/mol. The van der Waals surface area contributed by atoms with E-state index in [2.05, 4.69) is 20.0 Å². The van der Waals surface area contributed by atoms with Gasteiger partial charge in [-0.15, -0.1) is 11.3 Å². The lowest BCUT2D eigenvalue weighted by Gasteiger charge is -2.11. The Balaban J connectivity index is 2.01. The van der Waals surface area contributed by atoms with Crippen LogP contribution < -0.4 is 10.0 Å². The van der Waals surface area contributed by atoms with Gasteiger partial charge in [-0.1, -0.05) is 6.92 Å². The van der Waals surface area contributed by atoms with E-state index in [0.717, 1.165) is 11.6 Å². The zero-order chi connectivity index (χ0) is 15.3. The maximum absolute atomic E-state index is 12.2. The van der Waals surface area contributed by atoms with Gasteiger partial charge in [0.15, 0.2) is 0 Å². The first-order chi connectivity index (χ1) is 10.0. The van der Waals surface area contributed by atoms with E-state index in [0.29, 0.717) is 12.4 Å². The van der Waals surface area contributed by atoms with Gasteiger partial charge in [0.05, 0.1) is 5.01 Å². The molecule has 0 saturated heterocycles. The van der Waals surface area contributed by atoms with Crippen molar-refractivity contribution in [3.8, 4) is 0 Å². The van der Waals surface area contributed by atoms with E-state index in [-0.39, 0.29) is 10.8 Å². The lowest BCUT2D eigenvalue weighted by atomic mass is 10.2. The molecule has 2 aromatic rings. The second kappa shape index (κ2) is 6.97. The number of sulfonamides is 1. The van der Waals surface area contributed by atoms with Gasteiger partial charge in [-0.3, -0.25) is 0 Å². The number of nitrogens with one attached hydrogen (secondary N) is 2. The van der Waals surface area contributed by atoms with Crippen LogP contribution in [0.2, 0.25) is 0 Å². The molecule has 0 aliphatic rings. The van der Waals surface area contributed by atoms with Crippen molar-refractivity contribution in [1.82, 2.24) is 14.7 Å². The molecule has 0 saturated carbocycles. The number of hydrogen-bond acceptors (Lipinski definition) is 6. The van der Waals surface area contributed by atoms with E-state index in [9.17, 15) is 8.42 Å². The molecule has 114 valence electrons. The first-order valence-corrected chi connectivity index (χ1v) is 8.98. The van der Waals surface area contributed by atoms with Crippen LogP contribution in [0.5, 0.6) is 0 Å². The van der Waals surface area contributed by atoms with Crippen molar-refractivity contribution in [2.75, 3.05) is 18.4 Å². The number of pyridine rings is 1. The standard InChI is InChI=1S/C13H18N4O2S2/c1-3-14-12-5-4-11(9-16-12)21(18,19)17-8-10(2)13-15-6-7-20-13/h4-7,9-10,17H,3,8H2,1-2H3,(H,14,16). The Kier molecular flexibility index (Phi) is 5.27. The summed E-state index contributed by atoms with van der Waals surface area (Å²) in [5.74, 6) is 0.696. The SMILES string of the molecule is CCNc1ccc(S(=O)(=O)NCC(C)c2nccs2)cn1. The fourth-order valence-corrected chi connectivity index (χ4v) is 3.48. The maximum Gasteiger partial charge on any atom is 0.242 e. The molecule has 0 aliphatic heterocycles. The van der Waals surface area contributed by atoms with Gasteiger partial charge in [0.1, 0.15) is 10.7 Å². The summed E-state index contributed by atoms with van der Waals surface area (Å²) in [4.78, 5) is 8.42. The number of anilines is 1. The highest BCUT2D eigenvalue weighted by Crippen LogP contribution is 2.17. The topological polar surface area (TPSA) is 84.0 Å². The Hall–Kier alpha value is -1.51. The normalized spacial score (nSPS) is 13.0. The molecule has 0 aliphatic carbocycles. The van der Waals surface area contributed by atoms with Gasteiger partial charge in [0.25, 0.3) is 0 Å². The van der Waals surface area contributed by atoms with Crippen LogP contribution >= 0.6 is 11.3 Å². The Morgan fingerprint density at radius 2 is 2.14 bits per heavy atom. The molecule has 8 heteroatoms. The van der Waals surface area contributed by atoms with Crippen LogP contribution in [-0.2, 0) is 10.0 Å². The molecule has 6 nitrogen and oxygen atoms in total. The predicted octanol–water partition coefficient (Wildman–Crippen LogP) is 2.05. The van der Waals surface area contributed by atoms with Gasteiger partial charge in [0, 0.05) is 36.8 Å². The summed E-state index contributed by atoms with van der Waals surface area (Å²) in [6, 6.07) is 3.20. The van der Waals surface area contributed by atoms with E-state index in [1.54, 1.807) is 18.3 Å². The van der Waals surface area contributed by atoms with Crippen LogP contribution in [0.3, 0.4) is 0 Å². The summed E-state index contributed by atoms with van der Waals surface area (Å²) in [5.41, 5.74) is 0. The minimum absolute atomic E-state index is 0.0359. The Labute approximate surface area is 128 Å². The summed E-state index contributed by atoms with van der Waals surface area (Å²) in [5, 5.41) is 5.82. The number of rotatable bonds is 7. The highest BCUT2D eigenvalue weighted by Gasteiger charge is 2.17. The molecule has 1 unspecified atom stereocenters. The third-order valence-corrected chi connectivity index (χ3v) is 5.27. The van der Waals surface area contributed by atoms with Crippen LogP contribution in [0, 0.1) is 0 Å². The van der Waals surface area contributed by atoms with Crippen molar-refractivity contribution in [2.24, 2.45) is 0 Å². The number of hydrogen-bond donors (Lipinski definition) is 2. The monoisotopic (exact) mass is 326 g/mol. The minimum atomic E-state index is -3.54. The molecule has 0 aromatic carbocycles. The molecule has 2 N–H and O–H groups in total. The van der Waals surface area contributed by atoms with Crippen molar-refractivity contribution in [3.63, 3.8) is 0 Å². The Morgan fingerprint density at radius 1 is 1.33 bits per heavy atom. The molecule has 2 heterocycles. The van der Waals surface area contributed by atoms with Crippen LogP contribution in [0.15, 0.2) is 34.8 Å². The summed E-state index contributed by atoms with van der Waals surface area (Å²) >= 11 is 1.52. The van der Waals surface area contributed by atoms with Gasteiger partial charge >= 0.3 is 0 Å². The van der Waals surface area contributed by atoms with Gasteiger partial charge in [0.2, 0.25) is 10.0 Å². The van der Waals surface area contributed by atoms with E-state index in [1.807, 2.05) is 19.2 Å². The van der Waals surface area contributed by atoms with E-state index < -0.39 is 10.0 Å². The van der Waals surface area contributed by atoms with E-state index >= 15 is 0 Å². The van der Waals surface area contributed by atoms with Crippen LogP contribution in [0.1, 0.15) is 24.8 Å². The number of aromatic nitrogens is 2. The van der Waals surface area contributed by atoms with Gasteiger partial charge in [-0.25, -0.2) is 23.1 Å². The highest BCUT2D eigenvalue weighted by molar-refractivity contribution is 7.89. The molecule has 21 heavy (non-hydrogen) atoms. The molecule has 2 aromatic heterocycles. The summed E-state index contributed by atoms with van der Waals surface area (Å²) in [6.07, 6.45) is 3.07. The smallest absolute Gasteiger partial charge is 0.242 e. The van der Waals surface area contributed by atoms with Crippen LogP contribution in [0.4, 0.5) is 5.82 Å². The van der Waals surface area contributed by atoms with Crippen molar-refractivity contribution in [2.45, 2.75) is 24.7 Å². The number of thiazole rings is 1. The van der Waals surface area contributed by atoms with Crippen molar-refractivity contribution in [3.05, 3.63) is 34.9 Å². The summed E-state index contributed by atoms with van der Waals surface area (Å²) in [6.45, 7) is 4.94. The van der Waals surface area contributed by atoms with Gasteiger partial charge in [-0.2, -0.15) is 0 Å². The van der Waals surface area contributed by atoms with Gasteiger partial charge in [-0.05, 0) is 19.1 Å². The molecule has 0 bridgehead atoms. The zero-order valence-electron chi connectivity index (χ0n) is 11.9. The van der Waals surface area contributed by atoms with Crippen LogP contribution in [-0.4, -0.2) is 31.5 Å². The van der Waals surface area contributed by atoms with Crippen molar-refractivity contribution >= 4 is 27.2 Å². The predicted molar refractivity (Wildman–Crippen MR) is 84.1 cm³/mol. The fraction of sp³-hybridized carbons (Fsp3) is 0.385. The van der Waals surface area contributed by atoms with Crippen molar-refractivity contribution in [1.29, 1.82) is 0 Å². The fourth-order valence-electron chi connectivity index (χ4n) is 1.71. The largest absolute Gasteiger partial charge is 0.370 e. The molecule has 0 fully saturated rings. The highest BCUT2D eigenvalue weighted by atomic mass is 32.2. The zero-order valence-corrected chi connectivity index (χ0v) is 13.5.